The van der Waals surface area contributed by atoms with E-state index in [1.165, 1.54) is 11.8 Å². The molecule has 0 bridgehead atoms. The number of nitrogen functional groups attached to an aromatic ring is 1. The third-order valence-electron chi connectivity index (χ3n) is 8.10. The minimum Gasteiger partial charge on any atom is -0.484 e. The number of anilines is 1. The lowest BCUT2D eigenvalue weighted by Gasteiger charge is -2.32. The minimum absolute atomic E-state index is 0.0726. The molecule has 10 heteroatoms. The van der Waals surface area contributed by atoms with Crippen LogP contribution in [0.25, 0.3) is 10.2 Å². The van der Waals surface area contributed by atoms with E-state index in [2.05, 4.69) is 17.6 Å². The Morgan fingerprint density at radius 1 is 0.860 bits per heavy atom. The predicted octanol–water partition coefficient (Wildman–Crippen LogP) is 6.86. The van der Waals surface area contributed by atoms with E-state index in [-0.39, 0.29) is 24.0 Å². The van der Waals surface area contributed by atoms with Gasteiger partial charge in [-0.05, 0) is 43.7 Å². The van der Waals surface area contributed by atoms with E-state index < -0.39 is 0 Å². The molecule has 230 valence electrons. The number of carbonyl (C=O) groups is 2. The standard InChI is InChI=1S/C33H42N4O4S2/c1-24(42-29-12-8-6-10-27(29)34)40-25-16-20-36(21-17-25)31(38)14-4-2-3-5-15-32(39)37-22-18-26(19-23-37)41-33-35-28-11-7-9-13-30(28)43-33/h6-13,25-26H,1-5,14-23,34H2. The zero-order valence-corrected chi connectivity index (χ0v) is 26.4. The third-order valence-corrected chi connectivity index (χ3v) is 9.95. The molecule has 0 spiro atoms. The molecule has 3 aromatic rings. The Bertz CT molecular complexity index is 1350. The highest BCUT2D eigenvalue weighted by molar-refractivity contribution is 8.03. The predicted molar refractivity (Wildman–Crippen MR) is 174 cm³/mol. The van der Waals surface area contributed by atoms with Gasteiger partial charge in [0.25, 0.3) is 5.19 Å². The van der Waals surface area contributed by atoms with E-state index in [0.717, 1.165) is 79.6 Å². The number of nitrogens with zero attached hydrogens (tertiary/aromatic N) is 3. The van der Waals surface area contributed by atoms with Crippen LogP contribution in [0.4, 0.5) is 5.69 Å². The number of thioether (sulfide) groups is 1. The van der Waals surface area contributed by atoms with Gasteiger partial charge in [0.1, 0.15) is 12.2 Å². The summed E-state index contributed by atoms with van der Waals surface area (Å²) in [5.74, 6) is 0.448. The Kier molecular flexibility index (Phi) is 11.2. The number of aromatic nitrogens is 1. The van der Waals surface area contributed by atoms with E-state index in [0.29, 0.717) is 41.9 Å². The van der Waals surface area contributed by atoms with Crippen molar-refractivity contribution in [3.05, 3.63) is 60.2 Å². The molecule has 2 saturated heterocycles. The fourth-order valence-electron chi connectivity index (χ4n) is 5.62. The van der Waals surface area contributed by atoms with Crippen LogP contribution in [0.2, 0.25) is 0 Å². The Balaban J connectivity index is 0.890. The summed E-state index contributed by atoms with van der Waals surface area (Å²) in [7, 11) is 0. The van der Waals surface area contributed by atoms with E-state index >= 15 is 0 Å². The van der Waals surface area contributed by atoms with Crippen LogP contribution in [0.15, 0.2) is 65.1 Å². The highest BCUT2D eigenvalue weighted by Gasteiger charge is 2.26. The zero-order chi connectivity index (χ0) is 30.0. The number of hydrogen-bond donors (Lipinski definition) is 1. The van der Waals surface area contributed by atoms with Crippen molar-refractivity contribution in [2.75, 3.05) is 31.9 Å². The molecule has 2 N–H and O–H groups in total. The maximum absolute atomic E-state index is 12.7. The van der Waals surface area contributed by atoms with E-state index in [4.69, 9.17) is 15.2 Å². The number of rotatable bonds is 13. The fourth-order valence-corrected chi connectivity index (χ4v) is 7.26. The Labute approximate surface area is 262 Å². The van der Waals surface area contributed by atoms with Crippen molar-refractivity contribution in [3.8, 4) is 5.19 Å². The molecule has 43 heavy (non-hydrogen) atoms. The average molecular weight is 623 g/mol. The van der Waals surface area contributed by atoms with Crippen LogP contribution in [0, 0.1) is 0 Å². The molecule has 1 aromatic heterocycles. The van der Waals surface area contributed by atoms with Crippen LogP contribution in [-0.4, -0.2) is 65.0 Å². The number of unbranched alkanes of at least 4 members (excludes halogenated alkanes) is 3. The first-order valence-corrected chi connectivity index (χ1v) is 17.0. The van der Waals surface area contributed by atoms with Crippen molar-refractivity contribution in [2.24, 2.45) is 0 Å². The molecule has 0 atom stereocenters. The van der Waals surface area contributed by atoms with Gasteiger partial charge in [0.15, 0.2) is 5.09 Å². The molecule has 2 amide bonds. The summed E-state index contributed by atoms with van der Waals surface area (Å²) in [4.78, 5) is 34.9. The zero-order valence-electron chi connectivity index (χ0n) is 24.7. The van der Waals surface area contributed by atoms with Crippen LogP contribution in [-0.2, 0) is 14.3 Å². The molecule has 5 rings (SSSR count). The SMILES string of the molecule is C=C(OC1CCN(C(=O)CCCCCCC(=O)N2CCC(Oc3nc4ccccc4s3)CC2)CC1)Sc1ccccc1N. The molecule has 2 fully saturated rings. The van der Waals surface area contributed by atoms with Gasteiger partial charge < -0.3 is 25.0 Å². The van der Waals surface area contributed by atoms with Gasteiger partial charge in [0.05, 0.1) is 10.2 Å². The largest absolute Gasteiger partial charge is 0.484 e. The Morgan fingerprint density at radius 3 is 2.07 bits per heavy atom. The number of piperidine rings is 2. The smallest absolute Gasteiger partial charge is 0.274 e. The summed E-state index contributed by atoms with van der Waals surface area (Å²) in [6.07, 6.45) is 8.29. The maximum atomic E-state index is 12.7. The van der Waals surface area contributed by atoms with Gasteiger partial charge in [0, 0.05) is 75.3 Å². The third kappa shape index (κ3) is 9.13. The van der Waals surface area contributed by atoms with Crippen molar-refractivity contribution >= 4 is 50.8 Å². The molecule has 0 saturated carbocycles. The van der Waals surface area contributed by atoms with Crippen LogP contribution >= 0.6 is 23.1 Å². The highest BCUT2D eigenvalue weighted by Crippen LogP contribution is 2.33. The fraction of sp³-hybridized carbons (Fsp3) is 0.485. The second kappa shape index (κ2) is 15.5. The van der Waals surface area contributed by atoms with Crippen molar-refractivity contribution in [1.29, 1.82) is 0 Å². The molecule has 0 radical (unpaired) electrons. The molecule has 0 unspecified atom stereocenters. The van der Waals surface area contributed by atoms with Crippen molar-refractivity contribution in [1.82, 2.24) is 14.8 Å². The molecule has 0 aliphatic carbocycles. The lowest BCUT2D eigenvalue weighted by molar-refractivity contribution is -0.134. The normalized spacial score (nSPS) is 16.4. The summed E-state index contributed by atoms with van der Waals surface area (Å²) in [6.45, 7) is 6.94. The van der Waals surface area contributed by atoms with E-state index in [1.54, 1.807) is 11.3 Å². The van der Waals surface area contributed by atoms with Crippen LogP contribution in [0.1, 0.15) is 64.2 Å². The molecular weight excluding hydrogens is 581 g/mol. The van der Waals surface area contributed by atoms with E-state index in [9.17, 15) is 9.59 Å². The van der Waals surface area contributed by atoms with Gasteiger partial charge in [-0.15, -0.1) is 0 Å². The summed E-state index contributed by atoms with van der Waals surface area (Å²) in [5.41, 5.74) is 7.70. The van der Waals surface area contributed by atoms with Gasteiger partial charge in [-0.2, -0.15) is 0 Å². The minimum atomic E-state index is 0.0726. The number of ether oxygens (including phenoxy) is 2. The van der Waals surface area contributed by atoms with Crippen molar-refractivity contribution < 1.29 is 19.1 Å². The van der Waals surface area contributed by atoms with Gasteiger partial charge in [-0.1, -0.05) is 60.2 Å². The molecule has 2 aliphatic rings. The van der Waals surface area contributed by atoms with Gasteiger partial charge in [-0.3, -0.25) is 9.59 Å². The monoisotopic (exact) mass is 622 g/mol. The molecule has 8 nitrogen and oxygen atoms in total. The molecule has 3 heterocycles. The van der Waals surface area contributed by atoms with Crippen LogP contribution in [0.5, 0.6) is 5.19 Å². The van der Waals surface area contributed by atoms with Gasteiger partial charge in [0.2, 0.25) is 11.8 Å². The van der Waals surface area contributed by atoms with Crippen LogP contribution in [0.3, 0.4) is 0 Å². The first-order chi connectivity index (χ1) is 20.9. The number of para-hydroxylation sites is 2. The van der Waals surface area contributed by atoms with E-state index in [1.807, 2.05) is 52.3 Å². The maximum Gasteiger partial charge on any atom is 0.274 e. The first-order valence-electron chi connectivity index (χ1n) is 15.4. The number of likely N-dealkylation sites (tertiary alicyclic amines) is 2. The quantitative estimate of drug-likeness (QED) is 0.0963. The lowest BCUT2D eigenvalue weighted by atomic mass is 10.0. The topological polar surface area (TPSA) is 98.0 Å². The molecule has 2 aliphatic heterocycles. The highest BCUT2D eigenvalue weighted by atomic mass is 32.2. The summed E-state index contributed by atoms with van der Waals surface area (Å²) < 4.78 is 13.3. The second-order valence-electron chi connectivity index (χ2n) is 11.3. The van der Waals surface area contributed by atoms with Crippen LogP contribution < -0.4 is 10.5 Å². The lowest BCUT2D eigenvalue weighted by Crippen LogP contribution is -2.41. The van der Waals surface area contributed by atoms with Gasteiger partial charge >= 0.3 is 0 Å². The first kappa shape index (κ1) is 31.2. The average Bonchev–Trinajstić information content (AvgIpc) is 3.43. The van der Waals surface area contributed by atoms with Crippen molar-refractivity contribution in [3.63, 3.8) is 0 Å². The number of nitrogens with two attached hydrogens (primary N) is 1. The number of thiazole rings is 1. The summed E-state index contributed by atoms with van der Waals surface area (Å²) >= 11 is 3.02. The summed E-state index contributed by atoms with van der Waals surface area (Å²) in [5, 5.41) is 1.36. The Morgan fingerprint density at radius 2 is 1.44 bits per heavy atom. The number of fused-ring (bicyclic) bond motifs is 1. The number of carbonyl (C=O) groups excluding carboxylic acids is 2. The molecular formula is C33H42N4O4S2. The van der Waals surface area contributed by atoms with Crippen molar-refractivity contribution in [2.45, 2.75) is 81.3 Å². The summed E-state index contributed by atoms with van der Waals surface area (Å²) in [6, 6.07) is 15.7. The number of amides is 2. The number of hydrogen-bond acceptors (Lipinski definition) is 8. The Hall–Kier alpha value is -3.24. The second-order valence-corrected chi connectivity index (χ2v) is 13.4. The molecule has 2 aromatic carbocycles. The number of benzene rings is 2. The van der Waals surface area contributed by atoms with Gasteiger partial charge in [-0.25, -0.2) is 4.98 Å².